The van der Waals surface area contributed by atoms with Crippen molar-refractivity contribution < 1.29 is 9.59 Å². The number of anilines is 1. The summed E-state index contributed by atoms with van der Waals surface area (Å²) in [6.07, 6.45) is 2.15. The Morgan fingerprint density at radius 1 is 1.17 bits per heavy atom. The number of carbonyl (C=O) groups excluding carboxylic acids is 2. The molecule has 1 aromatic carbocycles. The van der Waals surface area contributed by atoms with Crippen LogP contribution in [-0.4, -0.2) is 22.0 Å². The number of aromatic nitrogens is 2. The molecule has 0 spiro atoms. The van der Waals surface area contributed by atoms with E-state index in [1.165, 1.54) is 0 Å². The highest BCUT2D eigenvalue weighted by molar-refractivity contribution is 5.92. The van der Waals surface area contributed by atoms with Crippen molar-refractivity contribution in [3.05, 3.63) is 47.3 Å². The molecule has 0 saturated heterocycles. The van der Waals surface area contributed by atoms with E-state index in [9.17, 15) is 9.59 Å². The lowest BCUT2D eigenvalue weighted by Gasteiger charge is -2.07. The zero-order chi connectivity index (χ0) is 16.7. The van der Waals surface area contributed by atoms with Gasteiger partial charge in [0, 0.05) is 24.3 Å². The number of hydrogen-bond donors (Lipinski definition) is 3. The third kappa shape index (κ3) is 4.95. The predicted molar refractivity (Wildman–Crippen MR) is 89.1 cm³/mol. The number of amides is 2. The van der Waals surface area contributed by atoms with Gasteiger partial charge in [0.15, 0.2) is 0 Å². The molecule has 122 valence electrons. The van der Waals surface area contributed by atoms with E-state index in [1.807, 2.05) is 38.1 Å². The second-order valence-corrected chi connectivity index (χ2v) is 5.31. The number of hydrogen-bond acceptors (Lipinski definition) is 3. The Morgan fingerprint density at radius 3 is 2.52 bits per heavy atom. The number of H-pyrrole nitrogens is 1. The summed E-state index contributed by atoms with van der Waals surface area (Å²) in [5, 5.41) is 12.5. The average Bonchev–Trinajstić information content (AvgIpc) is 3.03. The lowest BCUT2D eigenvalue weighted by Crippen LogP contribution is -2.23. The maximum absolute atomic E-state index is 12.0. The summed E-state index contributed by atoms with van der Waals surface area (Å²) in [5.41, 5.74) is 3.05. The van der Waals surface area contributed by atoms with Crippen LogP contribution in [0.1, 0.15) is 48.4 Å². The van der Waals surface area contributed by atoms with Gasteiger partial charge in [0.2, 0.25) is 5.91 Å². The Bertz CT molecular complexity index is 661. The van der Waals surface area contributed by atoms with Gasteiger partial charge in [0.1, 0.15) is 5.69 Å². The van der Waals surface area contributed by atoms with Gasteiger partial charge in [-0.2, -0.15) is 5.10 Å². The van der Waals surface area contributed by atoms with E-state index in [0.29, 0.717) is 18.7 Å². The van der Waals surface area contributed by atoms with Crippen LogP contribution in [-0.2, 0) is 17.8 Å². The molecular weight excluding hydrogens is 292 g/mol. The van der Waals surface area contributed by atoms with Gasteiger partial charge < -0.3 is 10.6 Å². The molecule has 6 nitrogen and oxygen atoms in total. The van der Waals surface area contributed by atoms with Gasteiger partial charge in [-0.1, -0.05) is 26.0 Å². The lowest BCUT2D eigenvalue weighted by atomic mass is 10.2. The van der Waals surface area contributed by atoms with E-state index in [-0.39, 0.29) is 11.8 Å². The first kappa shape index (κ1) is 16.7. The first-order chi connectivity index (χ1) is 11.1. The number of benzene rings is 1. The second-order valence-electron chi connectivity index (χ2n) is 5.31. The molecule has 2 rings (SSSR count). The summed E-state index contributed by atoms with van der Waals surface area (Å²) in [6.45, 7) is 4.38. The molecule has 0 fully saturated rings. The summed E-state index contributed by atoms with van der Waals surface area (Å²) >= 11 is 0. The number of rotatable bonds is 7. The fraction of sp³-hybridized carbons (Fsp3) is 0.353. The first-order valence-corrected chi connectivity index (χ1v) is 7.83. The van der Waals surface area contributed by atoms with Crippen LogP contribution in [0.15, 0.2) is 30.3 Å². The van der Waals surface area contributed by atoms with Crippen LogP contribution in [0, 0.1) is 0 Å². The summed E-state index contributed by atoms with van der Waals surface area (Å²) in [4.78, 5) is 23.5. The number of nitrogens with zero attached hydrogens (tertiary/aromatic N) is 1. The quantitative estimate of drug-likeness (QED) is 0.734. The van der Waals surface area contributed by atoms with Crippen LogP contribution < -0.4 is 10.6 Å². The fourth-order valence-corrected chi connectivity index (χ4v) is 2.09. The molecule has 1 aromatic heterocycles. The van der Waals surface area contributed by atoms with Crippen LogP contribution in [0.3, 0.4) is 0 Å². The standard InChI is InChI=1S/C17H22N4O2/c1-3-5-16(22)19-14-8-6-12(7-9-14)11-18-17(23)15-10-13(4-2)20-21-15/h6-10H,3-5,11H2,1-2H3,(H,18,23)(H,19,22)(H,20,21). The van der Waals surface area contributed by atoms with Crippen molar-refractivity contribution in [2.75, 3.05) is 5.32 Å². The third-order valence-electron chi connectivity index (χ3n) is 3.41. The Hall–Kier alpha value is -2.63. The molecule has 2 aromatic rings. The number of carbonyl (C=O) groups is 2. The van der Waals surface area contributed by atoms with Gasteiger partial charge in [-0.05, 0) is 36.6 Å². The van der Waals surface area contributed by atoms with Crippen molar-refractivity contribution in [2.24, 2.45) is 0 Å². The minimum atomic E-state index is -0.207. The molecule has 0 radical (unpaired) electrons. The molecule has 0 unspecified atom stereocenters. The van der Waals surface area contributed by atoms with Crippen LogP contribution in [0.4, 0.5) is 5.69 Å². The fourth-order valence-electron chi connectivity index (χ4n) is 2.09. The Balaban J connectivity index is 1.86. The van der Waals surface area contributed by atoms with Gasteiger partial charge in [0.25, 0.3) is 5.91 Å². The summed E-state index contributed by atoms with van der Waals surface area (Å²) < 4.78 is 0. The van der Waals surface area contributed by atoms with Crippen molar-refractivity contribution >= 4 is 17.5 Å². The minimum absolute atomic E-state index is 0.0128. The van der Waals surface area contributed by atoms with Crippen LogP contribution >= 0.6 is 0 Å². The highest BCUT2D eigenvalue weighted by Crippen LogP contribution is 2.10. The number of aromatic amines is 1. The van der Waals surface area contributed by atoms with Gasteiger partial charge in [0.05, 0.1) is 0 Å². The van der Waals surface area contributed by atoms with Crippen molar-refractivity contribution in [3.8, 4) is 0 Å². The maximum Gasteiger partial charge on any atom is 0.272 e. The zero-order valence-corrected chi connectivity index (χ0v) is 13.5. The lowest BCUT2D eigenvalue weighted by molar-refractivity contribution is -0.116. The molecule has 0 atom stereocenters. The summed E-state index contributed by atoms with van der Waals surface area (Å²) in [5.74, 6) is -0.194. The molecule has 0 bridgehead atoms. The van der Waals surface area contributed by atoms with Gasteiger partial charge >= 0.3 is 0 Å². The van der Waals surface area contributed by atoms with E-state index in [2.05, 4.69) is 20.8 Å². The number of nitrogens with one attached hydrogen (secondary N) is 3. The average molecular weight is 314 g/mol. The van der Waals surface area contributed by atoms with Gasteiger partial charge in [-0.25, -0.2) is 0 Å². The van der Waals surface area contributed by atoms with Crippen LogP contribution in [0.25, 0.3) is 0 Å². The van der Waals surface area contributed by atoms with E-state index < -0.39 is 0 Å². The second kappa shape index (κ2) is 8.12. The Labute approximate surface area is 135 Å². The molecule has 0 saturated carbocycles. The largest absolute Gasteiger partial charge is 0.347 e. The molecule has 0 aliphatic carbocycles. The SMILES string of the molecule is CCCC(=O)Nc1ccc(CNC(=O)c2cc(CC)[nH]n2)cc1. The van der Waals surface area contributed by atoms with E-state index in [4.69, 9.17) is 0 Å². The molecule has 3 N–H and O–H groups in total. The minimum Gasteiger partial charge on any atom is -0.347 e. The van der Waals surface area contributed by atoms with E-state index in [0.717, 1.165) is 29.8 Å². The van der Waals surface area contributed by atoms with E-state index in [1.54, 1.807) is 6.07 Å². The predicted octanol–water partition coefficient (Wildman–Crippen LogP) is 2.64. The summed E-state index contributed by atoms with van der Waals surface area (Å²) in [6, 6.07) is 9.17. The highest BCUT2D eigenvalue weighted by Gasteiger charge is 2.09. The third-order valence-corrected chi connectivity index (χ3v) is 3.41. The molecule has 6 heteroatoms. The maximum atomic E-state index is 12.0. The van der Waals surface area contributed by atoms with Crippen molar-refractivity contribution in [2.45, 2.75) is 39.7 Å². The normalized spacial score (nSPS) is 10.3. The Kier molecular flexibility index (Phi) is 5.91. The smallest absolute Gasteiger partial charge is 0.272 e. The molecular formula is C17H22N4O2. The van der Waals surface area contributed by atoms with Gasteiger partial charge in [-0.3, -0.25) is 14.7 Å². The van der Waals surface area contributed by atoms with Crippen molar-refractivity contribution in [3.63, 3.8) is 0 Å². The molecule has 2 amide bonds. The van der Waals surface area contributed by atoms with Crippen LogP contribution in [0.2, 0.25) is 0 Å². The monoisotopic (exact) mass is 314 g/mol. The molecule has 0 aliphatic heterocycles. The molecule has 23 heavy (non-hydrogen) atoms. The summed E-state index contributed by atoms with van der Waals surface area (Å²) in [7, 11) is 0. The number of aryl methyl sites for hydroxylation is 1. The van der Waals surface area contributed by atoms with Crippen molar-refractivity contribution in [1.29, 1.82) is 0 Å². The molecule has 0 aliphatic rings. The zero-order valence-electron chi connectivity index (χ0n) is 13.5. The highest BCUT2D eigenvalue weighted by atomic mass is 16.2. The van der Waals surface area contributed by atoms with E-state index >= 15 is 0 Å². The van der Waals surface area contributed by atoms with Gasteiger partial charge in [-0.15, -0.1) is 0 Å². The topological polar surface area (TPSA) is 86.9 Å². The first-order valence-electron chi connectivity index (χ1n) is 7.83. The Morgan fingerprint density at radius 2 is 1.91 bits per heavy atom. The van der Waals surface area contributed by atoms with Crippen molar-refractivity contribution in [1.82, 2.24) is 15.5 Å². The molecule has 1 heterocycles. The van der Waals surface area contributed by atoms with Crippen LogP contribution in [0.5, 0.6) is 0 Å².